The number of nitrogens with one attached hydrogen (secondary N) is 1. The molecule has 2 rings (SSSR count). The zero-order valence-corrected chi connectivity index (χ0v) is 12.2. The minimum atomic E-state index is -0.307. The van der Waals surface area contributed by atoms with E-state index in [4.69, 9.17) is 9.47 Å². The van der Waals surface area contributed by atoms with Crippen molar-refractivity contribution < 1.29 is 14.3 Å². The largest absolute Gasteiger partial charge is 0.462 e. The lowest BCUT2D eigenvalue weighted by molar-refractivity contribution is 0.0521. The number of hydrogen-bond donors (Lipinski definition) is 1. The van der Waals surface area contributed by atoms with E-state index in [0.29, 0.717) is 24.6 Å². The summed E-state index contributed by atoms with van der Waals surface area (Å²) in [6, 6.07) is 0. The fourth-order valence-electron chi connectivity index (χ4n) is 2.41. The van der Waals surface area contributed by atoms with E-state index in [1.54, 1.807) is 17.8 Å². The number of nitrogens with zero attached hydrogens (tertiary/aromatic N) is 2. The highest BCUT2D eigenvalue weighted by atomic mass is 16.5. The van der Waals surface area contributed by atoms with Gasteiger partial charge < -0.3 is 14.8 Å². The van der Waals surface area contributed by atoms with Crippen LogP contribution in [0.2, 0.25) is 0 Å². The van der Waals surface area contributed by atoms with Crippen LogP contribution in [0.4, 0.5) is 0 Å². The molecule has 0 bridgehead atoms. The van der Waals surface area contributed by atoms with E-state index in [2.05, 4.69) is 10.4 Å². The Balaban J connectivity index is 1.88. The molecule has 1 N–H and O–H groups in total. The first-order valence-electron chi connectivity index (χ1n) is 7.18. The molecule has 1 aromatic heterocycles. The highest BCUT2D eigenvalue weighted by molar-refractivity contribution is 5.90. The third-order valence-electron chi connectivity index (χ3n) is 3.54. The summed E-state index contributed by atoms with van der Waals surface area (Å²) in [4.78, 5) is 11.8. The van der Waals surface area contributed by atoms with Gasteiger partial charge in [0, 0.05) is 26.7 Å². The third-order valence-corrected chi connectivity index (χ3v) is 3.54. The van der Waals surface area contributed by atoms with Crippen molar-refractivity contribution in [2.24, 2.45) is 13.0 Å². The Kier molecular flexibility index (Phi) is 5.55. The quantitative estimate of drug-likeness (QED) is 0.791. The Morgan fingerprint density at radius 2 is 2.50 bits per heavy atom. The van der Waals surface area contributed by atoms with Crippen LogP contribution in [-0.4, -0.2) is 42.1 Å². The first-order chi connectivity index (χ1) is 9.72. The molecule has 0 radical (unpaired) electrons. The summed E-state index contributed by atoms with van der Waals surface area (Å²) in [6.07, 6.45) is 3.90. The third kappa shape index (κ3) is 3.80. The van der Waals surface area contributed by atoms with E-state index in [0.717, 1.165) is 31.9 Å². The molecule has 6 heteroatoms. The van der Waals surface area contributed by atoms with E-state index in [-0.39, 0.29) is 5.97 Å². The van der Waals surface area contributed by atoms with Crippen molar-refractivity contribution in [2.75, 3.05) is 26.4 Å². The van der Waals surface area contributed by atoms with Gasteiger partial charge in [0.25, 0.3) is 0 Å². The number of aromatic nitrogens is 2. The van der Waals surface area contributed by atoms with Gasteiger partial charge in [0.1, 0.15) is 5.56 Å². The molecule has 0 spiro atoms. The maximum absolute atomic E-state index is 11.8. The summed E-state index contributed by atoms with van der Waals surface area (Å²) in [5, 5.41) is 7.52. The normalized spacial score (nSPS) is 19.0. The maximum Gasteiger partial charge on any atom is 0.341 e. The fraction of sp³-hybridized carbons (Fsp3) is 0.714. The Morgan fingerprint density at radius 1 is 1.65 bits per heavy atom. The van der Waals surface area contributed by atoms with Gasteiger partial charge in [-0.1, -0.05) is 0 Å². The molecule has 0 aliphatic carbocycles. The average Bonchev–Trinajstić information content (AvgIpc) is 2.82. The number of esters is 1. The minimum absolute atomic E-state index is 0.307. The summed E-state index contributed by atoms with van der Waals surface area (Å²) in [7, 11) is 1.84. The van der Waals surface area contributed by atoms with E-state index in [1.807, 2.05) is 7.05 Å². The van der Waals surface area contributed by atoms with Crippen LogP contribution < -0.4 is 5.32 Å². The summed E-state index contributed by atoms with van der Waals surface area (Å²) in [5.41, 5.74) is 1.40. The highest BCUT2D eigenvalue weighted by Crippen LogP contribution is 2.13. The average molecular weight is 281 g/mol. The second-order valence-electron chi connectivity index (χ2n) is 5.06. The molecule has 1 atom stereocenters. The second-order valence-corrected chi connectivity index (χ2v) is 5.06. The van der Waals surface area contributed by atoms with Gasteiger partial charge >= 0.3 is 5.97 Å². The second kappa shape index (κ2) is 7.40. The number of hydrogen-bond acceptors (Lipinski definition) is 5. The van der Waals surface area contributed by atoms with Crippen molar-refractivity contribution in [1.29, 1.82) is 0 Å². The van der Waals surface area contributed by atoms with Crippen LogP contribution in [0.15, 0.2) is 6.20 Å². The van der Waals surface area contributed by atoms with Gasteiger partial charge in [-0.2, -0.15) is 5.10 Å². The lowest BCUT2D eigenvalue weighted by atomic mass is 10.0. The zero-order valence-electron chi connectivity index (χ0n) is 12.2. The standard InChI is InChI=1S/C14H23N3O3/c1-3-20-14(18)12-8-16-17(2)13(12)9-15-7-11-5-4-6-19-10-11/h8,11,15H,3-7,9-10H2,1-2H3. The van der Waals surface area contributed by atoms with Crippen molar-refractivity contribution in [3.05, 3.63) is 17.5 Å². The lowest BCUT2D eigenvalue weighted by Gasteiger charge is -2.22. The molecule has 1 aliphatic heterocycles. The molecule has 2 heterocycles. The molecule has 0 saturated carbocycles. The zero-order chi connectivity index (χ0) is 14.4. The summed E-state index contributed by atoms with van der Waals surface area (Å²) < 4.78 is 12.2. The Hall–Kier alpha value is -1.40. The van der Waals surface area contributed by atoms with Gasteiger partial charge in [0.15, 0.2) is 0 Å². The molecule has 112 valence electrons. The molecule has 1 saturated heterocycles. The Morgan fingerprint density at radius 3 is 3.20 bits per heavy atom. The highest BCUT2D eigenvalue weighted by Gasteiger charge is 2.18. The maximum atomic E-state index is 11.8. The molecule has 1 aromatic rings. The van der Waals surface area contributed by atoms with Crippen molar-refractivity contribution in [3.8, 4) is 0 Å². The van der Waals surface area contributed by atoms with Crippen LogP contribution in [0.1, 0.15) is 35.8 Å². The van der Waals surface area contributed by atoms with E-state index < -0.39 is 0 Å². The predicted molar refractivity (Wildman–Crippen MR) is 74.4 cm³/mol. The lowest BCUT2D eigenvalue weighted by Crippen LogP contribution is -2.29. The van der Waals surface area contributed by atoms with E-state index >= 15 is 0 Å². The number of aryl methyl sites for hydroxylation is 1. The van der Waals surface area contributed by atoms with E-state index in [1.165, 1.54) is 6.42 Å². The fourth-order valence-corrected chi connectivity index (χ4v) is 2.41. The Bertz CT molecular complexity index is 439. The van der Waals surface area contributed by atoms with Crippen LogP contribution in [-0.2, 0) is 23.1 Å². The van der Waals surface area contributed by atoms with Crippen molar-refractivity contribution in [3.63, 3.8) is 0 Å². The van der Waals surface area contributed by atoms with Gasteiger partial charge in [0.2, 0.25) is 0 Å². The van der Waals surface area contributed by atoms with Gasteiger partial charge in [-0.05, 0) is 25.7 Å². The predicted octanol–water partition coefficient (Wildman–Crippen LogP) is 1.11. The molecule has 20 heavy (non-hydrogen) atoms. The SMILES string of the molecule is CCOC(=O)c1cnn(C)c1CNCC1CCCOC1. The number of rotatable bonds is 6. The smallest absolute Gasteiger partial charge is 0.341 e. The summed E-state index contributed by atoms with van der Waals surface area (Å²) in [5.74, 6) is 0.251. The van der Waals surface area contributed by atoms with Crippen molar-refractivity contribution >= 4 is 5.97 Å². The number of carbonyl (C=O) groups excluding carboxylic acids is 1. The molecule has 1 aliphatic rings. The van der Waals surface area contributed by atoms with Gasteiger partial charge in [0.05, 0.1) is 25.1 Å². The molecule has 1 unspecified atom stereocenters. The van der Waals surface area contributed by atoms with Crippen LogP contribution in [0.3, 0.4) is 0 Å². The van der Waals surface area contributed by atoms with Gasteiger partial charge in [-0.25, -0.2) is 4.79 Å². The van der Waals surface area contributed by atoms with Crippen LogP contribution in [0.25, 0.3) is 0 Å². The summed E-state index contributed by atoms with van der Waals surface area (Å²) in [6.45, 7) is 5.39. The van der Waals surface area contributed by atoms with Crippen molar-refractivity contribution in [1.82, 2.24) is 15.1 Å². The molecular weight excluding hydrogens is 258 g/mol. The molecule has 1 fully saturated rings. The molecular formula is C14H23N3O3. The van der Waals surface area contributed by atoms with Crippen LogP contribution in [0, 0.1) is 5.92 Å². The molecule has 0 aromatic carbocycles. The minimum Gasteiger partial charge on any atom is -0.462 e. The van der Waals surface area contributed by atoms with E-state index in [9.17, 15) is 4.79 Å². The van der Waals surface area contributed by atoms with Crippen LogP contribution >= 0.6 is 0 Å². The van der Waals surface area contributed by atoms with Crippen LogP contribution in [0.5, 0.6) is 0 Å². The summed E-state index contributed by atoms with van der Waals surface area (Å²) >= 11 is 0. The van der Waals surface area contributed by atoms with Gasteiger partial charge in [-0.15, -0.1) is 0 Å². The number of carbonyl (C=O) groups is 1. The topological polar surface area (TPSA) is 65.4 Å². The first-order valence-corrected chi connectivity index (χ1v) is 7.18. The monoisotopic (exact) mass is 281 g/mol. The van der Waals surface area contributed by atoms with Crippen molar-refractivity contribution in [2.45, 2.75) is 26.3 Å². The molecule has 6 nitrogen and oxygen atoms in total. The van der Waals surface area contributed by atoms with Gasteiger partial charge in [-0.3, -0.25) is 4.68 Å². The Labute approximate surface area is 119 Å². The first kappa shape index (κ1) is 15.0. The molecule has 0 amide bonds. The number of ether oxygens (including phenoxy) is 2.